The molecule has 1 saturated heterocycles. The maximum atomic E-state index is 12.7. The molecule has 1 heterocycles. The van der Waals surface area contributed by atoms with Crippen LogP contribution in [0, 0.1) is 0 Å². The van der Waals surface area contributed by atoms with Crippen LogP contribution in [-0.4, -0.2) is 62.3 Å². The Morgan fingerprint density at radius 3 is 2.33 bits per heavy atom. The molecule has 1 fully saturated rings. The molecular formula is C16H26ClN3O3S. The molecule has 136 valence electrons. The zero-order chi connectivity index (χ0) is 17.0. The summed E-state index contributed by atoms with van der Waals surface area (Å²) in [7, 11) is -3.50. The number of nitrogens with zero attached hydrogens (tertiary/aromatic N) is 2. The second kappa shape index (κ2) is 8.80. The molecule has 0 bridgehead atoms. The Morgan fingerprint density at radius 1 is 1.25 bits per heavy atom. The lowest BCUT2D eigenvalue weighted by Gasteiger charge is -2.31. The van der Waals surface area contributed by atoms with Gasteiger partial charge in [-0.1, -0.05) is 0 Å². The summed E-state index contributed by atoms with van der Waals surface area (Å²) in [6.45, 7) is 8.65. The van der Waals surface area contributed by atoms with Crippen molar-refractivity contribution in [1.82, 2.24) is 14.5 Å². The minimum Gasteiger partial charge on any atom is -0.339 e. The Balaban J connectivity index is 0.00000288. The molecular weight excluding hydrogens is 350 g/mol. The number of amides is 1. The topological polar surface area (TPSA) is 69.7 Å². The number of nitrogens with one attached hydrogen (secondary N) is 1. The Morgan fingerprint density at radius 2 is 1.83 bits per heavy atom. The summed E-state index contributed by atoms with van der Waals surface area (Å²) >= 11 is 0. The van der Waals surface area contributed by atoms with E-state index < -0.39 is 10.0 Å². The molecule has 0 saturated carbocycles. The van der Waals surface area contributed by atoms with Crippen LogP contribution in [0.5, 0.6) is 0 Å². The number of hydrogen-bond acceptors (Lipinski definition) is 4. The summed E-state index contributed by atoms with van der Waals surface area (Å²) in [5, 5.41) is 3.23. The van der Waals surface area contributed by atoms with Gasteiger partial charge in [-0.2, -0.15) is 4.31 Å². The molecule has 1 N–H and O–H groups in total. The predicted octanol–water partition coefficient (Wildman–Crippen LogP) is 1.57. The second-order valence-corrected chi connectivity index (χ2v) is 7.66. The Hall–Kier alpha value is -1.15. The fourth-order valence-electron chi connectivity index (χ4n) is 2.73. The van der Waals surface area contributed by atoms with Crippen LogP contribution < -0.4 is 5.32 Å². The first-order valence-electron chi connectivity index (χ1n) is 8.03. The van der Waals surface area contributed by atoms with Gasteiger partial charge in [0.2, 0.25) is 10.0 Å². The van der Waals surface area contributed by atoms with Crippen LogP contribution in [-0.2, 0) is 10.0 Å². The Bertz CT molecular complexity index is 645. The first-order valence-corrected chi connectivity index (χ1v) is 9.47. The number of halogens is 1. The summed E-state index contributed by atoms with van der Waals surface area (Å²) in [5.41, 5.74) is 0.515. The van der Waals surface area contributed by atoms with Crippen LogP contribution >= 0.6 is 12.4 Å². The average molecular weight is 376 g/mol. The lowest BCUT2D eigenvalue weighted by atomic mass is 10.2. The molecule has 1 atom stereocenters. The molecule has 1 amide bonds. The molecule has 0 radical (unpaired) electrons. The zero-order valence-electron chi connectivity index (χ0n) is 14.4. The van der Waals surface area contributed by atoms with Crippen LogP contribution in [0.3, 0.4) is 0 Å². The van der Waals surface area contributed by atoms with Crippen molar-refractivity contribution in [2.24, 2.45) is 0 Å². The monoisotopic (exact) mass is 375 g/mol. The van der Waals surface area contributed by atoms with Gasteiger partial charge in [-0.05, 0) is 45.0 Å². The third kappa shape index (κ3) is 4.47. The number of carbonyl (C=O) groups is 1. The van der Waals surface area contributed by atoms with Gasteiger partial charge in [0.1, 0.15) is 0 Å². The SMILES string of the molecule is CCN(CC)C(=O)c1ccc(S(=O)(=O)N2CCNC(C)C2)cc1.Cl. The summed E-state index contributed by atoms with van der Waals surface area (Å²) in [6.07, 6.45) is 0. The summed E-state index contributed by atoms with van der Waals surface area (Å²) in [4.78, 5) is 14.2. The van der Waals surface area contributed by atoms with E-state index in [0.29, 0.717) is 38.3 Å². The van der Waals surface area contributed by atoms with Gasteiger partial charge in [0, 0.05) is 44.3 Å². The Labute approximate surface area is 150 Å². The highest BCUT2D eigenvalue weighted by Gasteiger charge is 2.28. The maximum Gasteiger partial charge on any atom is 0.253 e. The van der Waals surface area contributed by atoms with E-state index in [2.05, 4.69) is 5.32 Å². The first-order chi connectivity index (χ1) is 10.9. The third-order valence-corrected chi connectivity index (χ3v) is 6.00. The third-order valence-electron chi connectivity index (χ3n) is 4.12. The van der Waals surface area contributed by atoms with Crippen molar-refractivity contribution in [1.29, 1.82) is 0 Å². The van der Waals surface area contributed by atoms with Gasteiger partial charge in [-0.25, -0.2) is 8.42 Å². The fourth-order valence-corrected chi connectivity index (χ4v) is 4.26. The molecule has 0 spiro atoms. The van der Waals surface area contributed by atoms with E-state index in [-0.39, 0.29) is 29.3 Å². The van der Waals surface area contributed by atoms with E-state index >= 15 is 0 Å². The van der Waals surface area contributed by atoms with Crippen molar-refractivity contribution in [2.45, 2.75) is 31.7 Å². The number of piperazine rings is 1. The minimum absolute atomic E-state index is 0. The quantitative estimate of drug-likeness (QED) is 0.848. The standard InChI is InChI=1S/C16H25N3O3S.ClH/c1-4-18(5-2)16(20)14-6-8-15(9-7-14)23(21,22)19-11-10-17-13(3)12-19;/h6-9,13,17H,4-5,10-12H2,1-3H3;1H. The summed E-state index contributed by atoms with van der Waals surface area (Å²) in [6, 6.07) is 6.39. The van der Waals surface area contributed by atoms with E-state index in [1.165, 1.54) is 16.4 Å². The number of hydrogen-bond donors (Lipinski definition) is 1. The average Bonchev–Trinajstić information content (AvgIpc) is 2.56. The summed E-state index contributed by atoms with van der Waals surface area (Å²) < 4.78 is 26.8. The molecule has 6 nitrogen and oxygen atoms in total. The van der Waals surface area contributed by atoms with Gasteiger partial charge in [-0.15, -0.1) is 12.4 Å². The van der Waals surface area contributed by atoms with Gasteiger partial charge in [0.05, 0.1) is 4.90 Å². The van der Waals surface area contributed by atoms with Crippen LogP contribution in [0.2, 0.25) is 0 Å². The Kier molecular flexibility index (Phi) is 7.66. The van der Waals surface area contributed by atoms with Gasteiger partial charge < -0.3 is 10.2 Å². The molecule has 8 heteroatoms. The zero-order valence-corrected chi connectivity index (χ0v) is 16.0. The highest BCUT2D eigenvalue weighted by Crippen LogP contribution is 2.18. The molecule has 1 aromatic rings. The maximum absolute atomic E-state index is 12.7. The van der Waals surface area contributed by atoms with Crippen LogP contribution in [0.25, 0.3) is 0 Å². The second-order valence-electron chi connectivity index (χ2n) is 5.72. The van der Waals surface area contributed by atoms with Gasteiger partial charge in [0.15, 0.2) is 0 Å². The molecule has 1 aliphatic rings. The molecule has 0 aromatic heterocycles. The van der Waals surface area contributed by atoms with Crippen molar-refractivity contribution in [2.75, 3.05) is 32.7 Å². The van der Waals surface area contributed by atoms with Gasteiger partial charge in [0.25, 0.3) is 5.91 Å². The van der Waals surface area contributed by atoms with E-state index in [1.807, 2.05) is 20.8 Å². The number of sulfonamides is 1. The smallest absolute Gasteiger partial charge is 0.253 e. The highest BCUT2D eigenvalue weighted by atomic mass is 35.5. The molecule has 1 unspecified atom stereocenters. The lowest BCUT2D eigenvalue weighted by Crippen LogP contribution is -2.51. The van der Waals surface area contributed by atoms with E-state index in [0.717, 1.165) is 0 Å². The highest BCUT2D eigenvalue weighted by molar-refractivity contribution is 7.89. The van der Waals surface area contributed by atoms with E-state index in [4.69, 9.17) is 0 Å². The molecule has 0 aliphatic carbocycles. The molecule has 1 aromatic carbocycles. The van der Waals surface area contributed by atoms with Crippen LogP contribution in [0.4, 0.5) is 0 Å². The van der Waals surface area contributed by atoms with Crippen LogP contribution in [0.15, 0.2) is 29.2 Å². The van der Waals surface area contributed by atoms with Crippen molar-refractivity contribution in [3.05, 3.63) is 29.8 Å². The van der Waals surface area contributed by atoms with Crippen molar-refractivity contribution in [3.63, 3.8) is 0 Å². The molecule has 1 aliphatic heterocycles. The van der Waals surface area contributed by atoms with Crippen LogP contribution in [0.1, 0.15) is 31.1 Å². The predicted molar refractivity (Wildman–Crippen MR) is 97.2 cm³/mol. The largest absolute Gasteiger partial charge is 0.339 e. The van der Waals surface area contributed by atoms with Crippen molar-refractivity contribution >= 4 is 28.3 Å². The van der Waals surface area contributed by atoms with E-state index in [9.17, 15) is 13.2 Å². The first kappa shape index (κ1) is 20.9. The summed E-state index contributed by atoms with van der Waals surface area (Å²) in [5.74, 6) is -0.0743. The van der Waals surface area contributed by atoms with Crippen molar-refractivity contribution < 1.29 is 13.2 Å². The molecule has 2 rings (SSSR count). The normalized spacial score (nSPS) is 18.7. The number of benzene rings is 1. The number of rotatable bonds is 5. The number of carbonyl (C=O) groups excluding carboxylic acids is 1. The van der Waals surface area contributed by atoms with E-state index in [1.54, 1.807) is 17.0 Å². The van der Waals surface area contributed by atoms with Crippen molar-refractivity contribution in [3.8, 4) is 0 Å². The van der Waals surface area contributed by atoms with Gasteiger partial charge in [-0.3, -0.25) is 4.79 Å². The lowest BCUT2D eigenvalue weighted by molar-refractivity contribution is 0.0773. The van der Waals surface area contributed by atoms with Gasteiger partial charge >= 0.3 is 0 Å². The molecule has 24 heavy (non-hydrogen) atoms. The minimum atomic E-state index is -3.50. The fraction of sp³-hybridized carbons (Fsp3) is 0.562.